The van der Waals surface area contributed by atoms with E-state index in [1.807, 2.05) is 4.90 Å². The number of nitrogens with zero attached hydrogens (tertiary/aromatic N) is 8. The third-order valence-corrected chi connectivity index (χ3v) is 11.4. The molecule has 0 bridgehead atoms. The Morgan fingerprint density at radius 1 is 0.746 bits per heavy atom. The number of anilines is 6. The number of azo groups is 2. The number of hydrogen-bond acceptors (Lipinski definition) is 18. The fraction of sp³-hybridized carbons (Fsp3) is 0.0571. The van der Waals surface area contributed by atoms with Gasteiger partial charge in [-0.2, -0.15) is 36.9 Å². The Morgan fingerprint density at radius 2 is 1.41 bits per heavy atom. The second-order valence-corrected chi connectivity index (χ2v) is 17.4. The Labute approximate surface area is 341 Å². The Bertz CT molecular complexity index is 3060. The van der Waals surface area contributed by atoms with E-state index in [1.54, 1.807) is 32.3 Å². The lowest BCUT2D eigenvalue weighted by Gasteiger charge is -2.16. The summed E-state index contributed by atoms with van der Waals surface area (Å²) in [7, 11) is -9.66. The molecule has 0 saturated carbocycles. The van der Waals surface area contributed by atoms with Gasteiger partial charge in [0.15, 0.2) is 9.84 Å². The summed E-state index contributed by atoms with van der Waals surface area (Å²) in [4.78, 5) is 13.1. The number of sulfone groups is 1. The second-order valence-electron chi connectivity index (χ2n) is 12.4. The van der Waals surface area contributed by atoms with Crippen molar-refractivity contribution >= 4 is 110 Å². The molecule has 20 nitrogen and oxygen atoms in total. The highest BCUT2D eigenvalue weighted by atomic mass is 35.5. The molecular formula is C35H30ClN11O9S3. The molecule has 1 aromatic heterocycles. The molecule has 304 valence electrons. The largest absolute Gasteiger partial charge is 0.507 e. The molecule has 7 N–H and O–H groups in total. The van der Waals surface area contributed by atoms with Gasteiger partial charge < -0.3 is 26.4 Å². The number of nitrogen functional groups attached to an aromatic ring is 1. The van der Waals surface area contributed by atoms with Gasteiger partial charge in [0.1, 0.15) is 27.7 Å². The van der Waals surface area contributed by atoms with Gasteiger partial charge in [0.2, 0.25) is 17.2 Å². The van der Waals surface area contributed by atoms with E-state index in [2.05, 4.69) is 52.6 Å². The van der Waals surface area contributed by atoms with Gasteiger partial charge in [-0.3, -0.25) is 9.11 Å². The first-order valence-electron chi connectivity index (χ1n) is 16.4. The number of nitrogens with one attached hydrogen (secondary N) is 2. The maximum absolute atomic E-state index is 12.5. The van der Waals surface area contributed by atoms with E-state index in [-0.39, 0.29) is 61.3 Å². The lowest BCUT2D eigenvalue weighted by atomic mass is 10.1. The minimum Gasteiger partial charge on any atom is -0.507 e. The SMILES string of the molecule is C=CS(=O)(=O)c1ccc(Nc2nc(Cl)nc(Nc3cc(N(C)C)ccc3N=Nc3ccc(N=Nc4c(N)ccc5cc(S(=O)(=O)O)cc(O)c45)c(S(=O)(=O)O)c3)n2)cc1. The minimum absolute atomic E-state index is 0.0139. The Morgan fingerprint density at radius 3 is 2.05 bits per heavy atom. The van der Waals surface area contributed by atoms with E-state index in [4.69, 9.17) is 17.3 Å². The number of hydrogen-bond donors (Lipinski definition) is 6. The van der Waals surface area contributed by atoms with Crippen LogP contribution in [0, 0.1) is 0 Å². The van der Waals surface area contributed by atoms with E-state index in [9.17, 15) is 39.5 Å². The van der Waals surface area contributed by atoms with E-state index in [1.165, 1.54) is 48.5 Å². The quantitative estimate of drug-likeness (QED) is 0.0367. The molecule has 0 atom stereocenters. The Balaban J connectivity index is 1.31. The average molecular weight is 880 g/mol. The number of rotatable bonds is 13. The number of aromatic hydroxyl groups is 1. The van der Waals surface area contributed by atoms with Crippen LogP contribution in [0.4, 0.5) is 57.4 Å². The molecule has 0 aliphatic carbocycles. The topological polar surface area (TPSA) is 305 Å². The van der Waals surface area contributed by atoms with Crippen molar-refractivity contribution in [3.8, 4) is 5.75 Å². The summed E-state index contributed by atoms with van der Waals surface area (Å²) in [6, 6.07) is 18.9. The van der Waals surface area contributed by atoms with Crippen LogP contribution in [0.25, 0.3) is 10.8 Å². The van der Waals surface area contributed by atoms with Crippen LogP contribution in [0.2, 0.25) is 5.28 Å². The zero-order chi connectivity index (χ0) is 42.9. The van der Waals surface area contributed by atoms with Crippen molar-refractivity contribution in [2.75, 3.05) is 35.4 Å². The molecule has 1 heterocycles. The van der Waals surface area contributed by atoms with Gasteiger partial charge in [0, 0.05) is 36.9 Å². The van der Waals surface area contributed by atoms with Crippen molar-refractivity contribution in [1.29, 1.82) is 0 Å². The molecule has 0 spiro atoms. The highest BCUT2D eigenvalue weighted by Gasteiger charge is 2.20. The maximum atomic E-state index is 12.5. The van der Waals surface area contributed by atoms with E-state index >= 15 is 0 Å². The predicted molar refractivity (Wildman–Crippen MR) is 220 cm³/mol. The number of benzene rings is 5. The van der Waals surface area contributed by atoms with Gasteiger partial charge in [-0.05, 0) is 89.8 Å². The molecule has 5 aromatic carbocycles. The van der Waals surface area contributed by atoms with E-state index < -0.39 is 45.6 Å². The van der Waals surface area contributed by atoms with Crippen LogP contribution in [0.3, 0.4) is 0 Å². The van der Waals surface area contributed by atoms with Crippen molar-refractivity contribution in [3.63, 3.8) is 0 Å². The highest BCUT2D eigenvalue weighted by molar-refractivity contribution is 7.94. The summed E-state index contributed by atoms with van der Waals surface area (Å²) in [6.07, 6.45) is 0. The zero-order valence-corrected chi connectivity index (χ0v) is 33.6. The van der Waals surface area contributed by atoms with Gasteiger partial charge in [0.05, 0.1) is 32.2 Å². The van der Waals surface area contributed by atoms with Crippen molar-refractivity contribution in [2.45, 2.75) is 14.7 Å². The average Bonchev–Trinajstić information content (AvgIpc) is 3.16. The molecule has 6 aromatic rings. The Kier molecular flexibility index (Phi) is 11.6. The lowest BCUT2D eigenvalue weighted by molar-refractivity contribution is 0.471. The lowest BCUT2D eigenvalue weighted by Crippen LogP contribution is -2.09. The van der Waals surface area contributed by atoms with Crippen LogP contribution in [-0.4, -0.2) is 68.5 Å². The fourth-order valence-corrected chi connectivity index (χ4v) is 7.31. The third kappa shape index (κ3) is 9.74. The molecule has 0 radical (unpaired) electrons. The summed E-state index contributed by atoms with van der Waals surface area (Å²) in [5, 5.41) is 33.7. The Hall–Kier alpha value is -6.63. The van der Waals surface area contributed by atoms with Crippen LogP contribution < -0.4 is 21.3 Å². The summed E-state index contributed by atoms with van der Waals surface area (Å²) >= 11 is 6.22. The van der Waals surface area contributed by atoms with Crippen LogP contribution in [0.15, 0.2) is 132 Å². The standard InChI is InChI=1S/C35H30ClN11O9S3/c1-4-57(49,50)23-10-6-20(7-11-23)38-34-40-33(36)41-35(42-34)39-28-17-22(47(2)3)9-14-26(28)44-43-21-8-13-27(30(16-21)59(54,55)56)45-46-32-25(37)12-5-19-15-24(58(51,52)53)18-29(48)31(19)32/h4-18,48H,1,37H2,2-3H3,(H,51,52,53)(H,54,55,56)(H2,38,39,40,41,42). The summed E-state index contributed by atoms with van der Waals surface area (Å²) < 4.78 is 92.1. The number of halogens is 1. The summed E-state index contributed by atoms with van der Waals surface area (Å²) in [5.74, 6) is -0.620. The number of phenols is 1. The molecule has 0 unspecified atom stereocenters. The molecule has 0 saturated heterocycles. The summed E-state index contributed by atoms with van der Waals surface area (Å²) in [5.41, 5.74) is 7.19. The molecule has 24 heteroatoms. The monoisotopic (exact) mass is 879 g/mol. The molecule has 0 aliphatic rings. The first-order chi connectivity index (χ1) is 27.7. The zero-order valence-electron chi connectivity index (χ0n) is 30.4. The molecule has 6 rings (SSSR count). The predicted octanol–water partition coefficient (Wildman–Crippen LogP) is 7.76. The van der Waals surface area contributed by atoms with Crippen LogP contribution in [0.1, 0.15) is 0 Å². The highest BCUT2D eigenvalue weighted by Crippen LogP contribution is 2.41. The number of phenolic OH excluding ortho intramolecular Hbond substituents is 1. The normalized spacial score (nSPS) is 12.3. The van der Waals surface area contributed by atoms with Crippen LogP contribution in [-0.2, 0) is 30.1 Å². The maximum Gasteiger partial charge on any atom is 0.296 e. The van der Waals surface area contributed by atoms with Gasteiger partial charge in [-0.15, -0.1) is 15.3 Å². The number of nitrogens with two attached hydrogens (primary N) is 1. The summed E-state index contributed by atoms with van der Waals surface area (Å²) in [6.45, 7) is 3.32. The fourth-order valence-electron chi connectivity index (χ4n) is 5.27. The van der Waals surface area contributed by atoms with Gasteiger partial charge >= 0.3 is 0 Å². The first kappa shape index (κ1) is 42.0. The van der Waals surface area contributed by atoms with E-state index in [0.29, 0.717) is 11.4 Å². The van der Waals surface area contributed by atoms with Crippen molar-refractivity contribution in [2.24, 2.45) is 20.5 Å². The van der Waals surface area contributed by atoms with Crippen molar-refractivity contribution in [1.82, 2.24) is 15.0 Å². The number of aromatic nitrogens is 3. The second kappa shape index (κ2) is 16.3. The molecule has 0 aliphatic heterocycles. The molecule has 0 amide bonds. The van der Waals surface area contributed by atoms with Crippen LogP contribution >= 0.6 is 11.6 Å². The van der Waals surface area contributed by atoms with Crippen LogP contribution in [0.5, 0.6) is 5.75 Å². The van der Waals surface area contributed by atoms with Gasteiger partial charge in [-0.25, -0.2) is 8.42 Å². The van der Waals surface area contributed by atoms with Gasteiger partial charge in [0.25, 0.3) is 20.2 Å². The minimum atomic E-state index is -4.95. The molecule has 59 heavy (non-hydrogen) atoms. The van der Waals surface area contributed by atoms with E-state index in [0.717, 1.165) is 29.3 Å². The van der Waals surface area contributed by atoms with Gasteiger partial charge in [-0.1, -0.05) is 12.6 Å². The molecule has 0 fully saturated rings. The van der Waals surface area contributed by atoms with Crippen molar-refractivity contribution < 1.29 is 39.5 Å². The first-order valence-corrected chi connectivity index (χ1v) is 21.2. The smallest absolute Gasteiger partial charge is 0.296 e. The molecular weight excluding hydrogens is 850 g/mol. The van der Waals surface area contributed by atoms with Crippen molar-refractivity contribution in [3.05, 3.63) is 102 Å². The third-order valence-electron chi connectivity index (χ3n) is 8.13. The number of fused-ring (bicyclic) bond motifs is 1.